The number of hydrazone groups is 1. The second-order valence-corrected chi connectivity index (χ2v) is 5.93. The summed E-state index contributed by atoms with van der Waals surface area (Å²) < 4.78 is 6.41. The third kappa shape index (κ3) is 4.46. The van der Waals surface area contributed by atoms with E-state index in [4.69, 9.17) is 9.84 Å². The van der Waals surface area contributed by atoms with E-state index in [1.54, 1.807) is 55.5 Å². The predicted octanol–water partition coefficient (Wildman–Crippen LogP) is 1.64. The second-order valence-electron chi connectivity index (χ2n) is 5.93. The van der Waals surface area contributed by atoms with E-state index in [9.17, 15) is 14.4 Å². The maximum absolute atomic E-state index is 12.6. The number of carboxylic acid groups (broad SMARTS) is 1. The van der Waals surface area contributed by atoms with Crippen LogP contribution in [-0.2, 0) is 11.3 Å². The Hall–Kier alpha value is -4.01. The first kappa shape index (κ1) is 19.7. The van der Waals surface area contributed by atoms with Gasteiger partial charge in [-0.3, -0.25) is 9.59 Å². The summed E-state index contributed by atoms with van der Waals surface area (Å²) in [6.07, 6.45) is 1.34. The number of hydrogen-bond acceptors (Lipinski definition) is 6. The number of rotatable bonds is 7. The van der Waals surface area contributed by atoms with Crippen molar-refractivity contribution in [3.63, 3.8) is 0 Å². The molecule has 0 saturated carbocycles. The van der Waals surface area contributed by atoms with E-state index in [0.29, 0.717) is 28.6 Å². The highest BCUT2D eigenvalue weighted by Crippen LogP contribution is 2.16. The number of carbonyl (C=O) groups is 2. The van der Waals surface area contributed by atoms with Gasteiger partial charge in [-0.05, 0) is 25.1 Å². The topological polar surface area (TPSA) is 123 Å². The minimum absolute atomic E-state index is 0.0783. The fourth-order valence-corrected chi connectivity index (χ4v) is 2.69. The van der Waals surface area contributed by atoms with Gasteiger partial charge in [0, 0.05) is 17.5 Å². The number of hydrogen-bond donors (Lipinski definition) is 2. The van der Waals surface area contributed by atoms with Crippen LogP contribution < -0.4 is 15.7 Å². The first-order valence-corrected chi connectivity index (χ1v) is 8.78. The van der Waals surface area contributed by atoms with E-state index in [1.165, 1.54) is 10.9 Å². The highest BCUT2D eigenvalue weighted by molar-refractivity contribution is 6.05. The monoisotopic (exact) mass is 394 g/mol. The van der Waals surface area contributed by atoms with Gasteiger partial charge in [0.05, 0.1) is 11.6 Å². The lowest BCUT2D eigenvalue weighted by molar-refractivity contribution is -0.139. The van der Waals surface area contributed by atoms with Crippen LogP contribution in [0.4, 0.5) is 0 Å². The third-order valence-corrected chi connectivity index (χ3v) is 4.02. The molecule has 1 heterocycles. The van der Waals surface area contributed by atoms with Gasteiger partial charge in [-0.1, -0.05) is 30.3 Å². The van der Waals surface area contributed by atoms with Crippen LogP contribution in [0.25, 0.3) is 10.8 Å². The number of nitrogens with zero attached hydrogens (tertiary/aromatic N) is 3. The highest BCUT2D eigenvalue weighted by Gasteiger charge is 2.15. The Morgan fingerprint density at radius 1 is 1.17 bits per heavy atom. The Bertz CT molecular complexity index is 1150. The molecular formula is C20H18N4O5. The molecule has 0 unspecified atom stereocenters. The van der Waals surface area contributed by atoms with Crippen LogP contribution in [0, 0.1) is 0 Å². The number of carboxylic acids is 1. The summed E-state index contributed by atoms with van der Waals surface area (Å²) in [7, 11) is 0. The first-order valence-electron chi connectivity index (χ1n) is 8.78. The van der Waals surface area contributed by atoms with Gasteiger partial charge >= 0.3 is 5.97 Å². The fraction of sp³-hybridized carbons (Fsp3) is 0.150. The molecule has 1 amide bonds. The molecule has 0 fully saturated rings. The van der Waals surface area contributed by atoms with Crippen LogP contribution >= 0.6 is 0 Å². The Labute approximate surface area is 165 Å². The van der Waals surface area contributed by atoms with Crippen molar-refractivity contribution in [1.29, 1.82) is 0 Å². The molecule has 29 heavy (non-hydrogen) atoms. The van der Waals surface area contributed by atoms with E-state index in [1.807, 2.05) is 0 Å². The smallest absolute Gasteiger partial charge is 0.341 e. The van der Waals surface area contributed by atoms with Crippen LogP contribution in [-0.4, -0.2) is 39.6 Å². The van der Waals surface area contributed by atoms with Crippen molar-refractivity contribution in [2.45, 2.75) is 13.5 Å². The van der Waals surface area contributed by atoms with Gasteiger partial charge in [-0.25, -0.2) is 14.9 Å². The largest absolute Gasteiger partial charge is 0.481 e. The molecular weight excluding hydrogens is 376 g/mol. The van der Waals surface area contributed by atoms with Crippen molar-refractivity contribution in [2.24, 2.45) is 5.10 Å². The van der Waals surface area contributed by atoms with Crippen molar-refractivity contribution in [2.75, 3.05) is 6.61 Å². The summed E-state index contributed by atoms with van der Waals surface area (Å²) in [6.45, 7) is 1.59. The standard InChI is InChI=1S/C20H18N4O5/c1-2-24-20(28)15-9-5-4-8-14(15)18(23-24)19(27)22-21-11-13-7-3-6-10-16(13)29-12-17(25)26/h3-11H,2,12H2,1H3,(H,22,27)(H,25,26). The summed E-state index contributed by atoms with van der Waals surface area (Å²) >= 11 is 0. The summed E-state index contributed by atoms with van der Waals surface area (Å²) in [6, 6.07) is 13.4. The molecule has 0 aliphatic carbocycles. The fourth-order valence-electron chi connectivity index (χ4n) is 2.69. The number of nitrogens with one attached hydrogen (secondary N) is 1. The lowest BCUT2D eigenvalue weighted by Crippen LogP contribution is -2.28. The predicted molar refractivity (Wildman–Crippen MR) is 106 cm³/mol. The average Bonchev–Trinajstić information content (AvgIpc) is 2.73. The Morgan fingerprint density at radius 2 is 1.86 bits per heavy atom. The van der Waals surface area contributed by atoms with Gasteiger partial charge < -0.3 is 9.84 Å². The number of carbonyl (C=O) groups excluding carboxylic acids is 1. The molecule has 0 aliphatic heterocycles. The number of amides is 1. The van der Waals surface area contributed by atoms with Crippen LogP contribution in [0.15, 0.2) is 58.4 Å². The summed E-state index contributed by atoms with van der Waals surface area (Å²) in [5.74, 6) is -1.37. The van der Waals surface area contributed by atoms with Crippen LogP contribution in [0.3, 0.4) is 0 Å². The Kier molecular flexibility index (Phi) is 5.98. The molecule has 2 aromatic carbocycles. The third-order valence-electron chi connectivity index (χ3n) is 4.02. The average molecular weight is 394 g/mol. The molecule has 0 spiro atoms. The Morgan fingerprint density at radius 3 is 2.59 bits per heavy atom. The lowest BCUT2D eigenvalue weighted by atomic mass is 10.1. The summed E-state index contributed by atoms with van der Waals surface area (Å²) in [4.78, 5) is 35.7. The molecule has 9 nitrogen and oxygen atoms in total. The lowest BCUT2D eigenvalue weighted by Gasteiger charge is -2.08. The maximum Gasteiger partial charge on any atom is 0.341 e. The number of ether oxygens (including phenoxy) is 1. The molecule has 0 radical (unpaired) electrons. The molecule has 2 N–H and O–H groups in total. The summed E-state index contributed by atoms with van der Waals surface area (Å²) in [5.41, 5.74) is 2.68. The maximum atomic E-state index is 12.6. The normalized spacial score (nSPS) is 10.9. The van der Waals surface area contributed by atoms with Gasteiger partial charge in [0.1, 0.15) is 5.75 Å². The number of aryl methyl sites for hydroxylation is 1. The van der Waals surface area contributed by atoms with Crippen molar-refractivity contribution in [3.05, 3.63) is 70.1 Å². The molecule has 3 aromatic rings. The van der Waals surface area contributed by atoms with E-state index >= 15 is 0 Å². The van der Waals surface area contributed by atoms with Crippen molar-refractivity contribution < 1.29 is 19.4 Å². The number of fused-ring (bicyclic) bond motifs is 1. The van der Waals surface area contributed by atoms with Crippen molar-refractivity contribution in [1.82, 2.24) is 15.2 Å². The highest BCUT2D eigenvalue weighted by atomic mass is 16.5. The van der Waals surface area contributed by atoms with E-state index in [0.717, 1.165) is 0 Å². The molecule has 0 saturated heterocycles. The second kappa shape index (κ2) is 8.79. The van der Waals surface area contributed by atoms with Crippen molar-refractivity contribution >= 4 is 28.9 Å². The Balaban J connectivity index is 1.85. The van der Waals surface area contributed by atoms with E-state index < -0.39 is 18.5 Å². The molecule has 0 bridgehead atoms. The van der Waals surface area contributed by atoms with Crippen LogP contribution in [0.1, 0.15) is 23.0 Å². The van der Waals surface area contributed by atoms with Gasteiger partial charge in [0.2, 0.25) is 0 Å². The number of para-hydroxylation sites is 1. The molecule has 0 atom stereocenters. The van der Waals surface area contributed by atoms with Gasteiger partial charge in [-0.2, -0.15) is 10.2 Å². The first-order chi connectivity index (χ1) is 14.0. The molecule has 0 aliphatic rings. The zero-order chi connectivity index (χ0) is 20.8. The van der Waals surface area contributed by atoms with Gasteiger partial charge in [0.15, 0.2) is 12.3 Å². The van der Waals surface area contributed by atoms with Crippen LogP contribution in [0.5, 0.6) is 5.75 Å². The van der Waals surface area contributed by atoms with Gasteiger partial charge in [-0.15, -0.1) is 0 Å². The molecule has 1 aromatic heterocycles. The zero-order valence-electron chi connectivity index (χ0n) is 15.5. The number of aliphatic carboxylic acids is 1. The van der Waals surface area contributed by atoms with Crippen molar-refractivity contribution in [3.8, 4) is 5.75 Å². The van der Waals surface area contributed by atoms with Crippen LogP contribution in [0.2, 0.25) is 0 Å². The minimum Gasteiger partial charge on any atom is -0.481 e. The van der Waals surface area contributed by atoms with Gasteiger partial charge in [0.25, 0.3) is 11.5 Å². The summed E-state index contributed by atoms with van der Waals surface area (Å²) in [5, 5.41) is 17.6. The minimum atomic E-state index is -1.10. The molecule has 9 heteroatoms. The molecule has 3 rings (SSSR count). The zero-order valence-corrected chi connectivity index (χ0v) is 15.5. The molecule has 148 valence electrons. The van der Waals surface area contributed by atoms with E-state index in [-0.39, 0.29) is 11.3 Å². The quantitative estimate of drug-likeness (QED) is 0.464. The number of benzene rings is 2. The SMILES string of the molecule is CCn1nc(C(=O)NN=Cc2ccccc2OCC(=O)O)c2ccccc2c1=O. The number of aromatic nitrogens is 2. The van der Waals surface area contributed by atoms with E-state index in [2.05, 4.69) is 15.6 Å².